The molecule has 1 aliphatic carbocycles. The van der Waals surface area contributed by atoms with Crippen LogP contribution in [0, 0.1) is 5.92 Å². The van der Waals surface area contributed by atoms with Crippen molar-refractivity contribution in [3.8, 4) is 0 Å². The van der Waals surface area contributed by atoms with Crippen LogP contribution in [0.5, 0.6) is 0 Å². The van der Waals surface area contributed by atoms with Gasteiger partial charge in [-0.1, -0.05) is 18.2 Å². The number of carbonyl (C=O) groups is 2. The summed E-state index contributed by atoms with van der Waals surface area (Å²) >= 11 is 0. The second kappa shape index (κ2) is 9.09. The number of benzene rings is 2. The number of rotatable bonds is 4. The van der Waals surface area contributed by atoms with Gasteiger partial charge in [-0.15, -0.1) is 0 Å². The van der Waals surface area contributed by atoms with Gasteiger partial charge in [-0.2, -0.15) is 0 Å². The molecule has 0 radical (unpaired) electrons. The zero-order valence-corrected chi connectivity index (χ0v) is 16.6. The molecule has 2 aliphatic rings. The Morgan fingerprint density at radius 3 is 2.52 bits per heavy atom. The lowest BCUT2D eigenvalue weighted by Crippen LogP contribution is -2.37. The number of carbonyl (C=O) groups excluding carboxylic acids is 2. The Bertz CT molecular complexity index is 890. The van der Waals surface area contributed by atoms with E-state index in [1.165, 1.54) is 17.5 Å². The van der Waals surface area contributed by atoms with Crippen LogP contribution in [0.2, 0.25) is 0 Å². The molecule has 1 atom stereocenters. The van der Waals surface area contributed by atoms with E-state index in [9.17, 15) is 9.59 Å². The van der Waals surface area contributed by atoms with E-state index in [2.05, 4.69) is 27.3 Å². The molecule has 152 valence electrons. The fraction of sp³-hybridized carbons (Fsp3) is 0.391. The van der Waals surface area contributed by atoms with Gasteiger partial charge in [-0.3, -0.25) is 4.79 Å². The molecular weight excluding hydrogens is 364 g/mol. The molecule has 4 N–H and O–H groups in total. The number of aryl methyl sites for hydroxylation is 1. The average molecular weight is 393 g/mol. The Balaban J connectivity index is 1.38. The van der Waals surface area contributed by atoms with E-state index in [1.54, 1.807) is 6.07 Å². The first-order valence-electron chi connectivity index (χ1n) is 10.5. The van der Waals surface area contributed by atoms with Gasteiger partial charge in [-0.05, 0) is 80.5 Å². The van der Waals surface area contributed by atoms with Gasteiger partial charge in [0.2, 0.25) is 5.91 Å². The van der Waals surface area contributed by atoms with E-state index >= 15 is 0 Å². The number of anilines is 3. The summed E-state index contributed by atoms with van der Waals surface area (Å²) in [5.41, 5.74) is 4.79. The zero-order chi connectivity index (χ0) is 20.1. The fourth-order valence-electron chi connectivity index (χ4n) is 4.18. The van der Waals surface area contributed by atoms with Crippen LogP contribution >= 0.6 is 0 Å². The average Bonchev–Trinajstić information content (AvgIpc) is 2.75. The van der Waals surface area contributed by atoms with Gasteiger partial charge in [0.05, 0.1) is 5.92 Å². The minimum absolute atomic E-state index is 0.00655. The minimum Gasteiger partial charge on any atom is -0.326 e. The number of nitrogens with one attached hydrogen (secondary N) is 4. The highest BCUT2D eigenvalue weighted by atomic mass is 16.2. The lowest BCUT2D eigenvalue weighted by atomic mass is 9.90. The molecule has 6 nitrogen and oxygen atoms in total. The van der Waals surface area contributed by atoms with Gasteiger partial charge in [0.15, 0.2) is 0 Å². The van der Waals surface area contributed by atoms with Crippen molar-refractivity contribution < 1.29 is 9.59 Å². The molecule has 2 aromatic carbocycles. The second-order valence-corrected chi connectivity index (χ2v) is 7.84. The Hall–Kier alpha value is -2.86. The van der Waals surface area contributed by atoms with Crippen molar-refractivity contribution in [3.05, 3.63) is 53.6 Å². The zero-order valence-electron chi connectivity index (χ0n) is 16.6. The highest BCUT2D eigenvalue weighted by Gasteiger charge is 2.21. The maximum atomic E-state index is 12.5. The largest absolute Gasteiger partial charge is 0.326 e. The summed E-state index contributed by atoms with van der Waals surface area (Å²) in [6, 6.07) is 13.1. The van der Waals surface area contributed by atoms with Crippen molar-refractivity contribution in [2.75, 3.05) is 29.0 Å². The smallest absolute Gasteiger partial charge is 0.323 e. The summed E-state index contributed by atoms with van der Waals surface area (Å²) < 4.78 is 0. The Kier molecular flexibility index (Phi) is 6.10. The fourth-order valence-corrected chi connectivity index (χ4v) is 4.18. The van der Waals surface area contributed by atoms with Crippen LogP contribution in [0.25, 0.3) is 0 Å². The lowest BCUT2D eigenvalue weighted by molar-refractivity contribution is -0.120. The number of piperidine rings is 1. The number of hydrogen-bond acceptors (Lipinski definition) is 3. The summed E-state index contributed by atoms with van der Waals surface area (Å²) in [5, 5.41) is 12.1. The summed E-state index contributed by atoms with van der Waals surface area (Å²) in [7, 11) is 0. The van der Waals surface area contributed by atoms with Crippen molar-refractivity contribution in [1.29, 1.82) is 0 Å². The van der Waals surface area contributed by atoms with Gasteiger partial charge >= 0.3 is 6.03 Å². The Morgan fingerprint density at radius 1 is 0.897 bits per heavy atom. The monoisotopic (exact) mass is 392 g/mol. The quantitative estimate of drug-likeness (QED) is 0.631. The van der Waals surface area contributed by atoms with Crippen molar-refractivity contribution in [3.63, 3.8) is 0 Å². The summed E-state index contributed by atoms with van der Waals surface area (Å²) in [6.07, 6.45) is 6.36. The number of hydrogen-bond donors (Lipinski definition) is 4. The van der Waals surface area contributed by atoms with E-state index in [4.69, 9.17) is 0 Å². The second-order valence-electron chi connectivity index (χ2n) is 7.84. The van der Waals surface area contributed by atoms with Crippen molar-refractivity contribution in [2.45, 2.75) is 38.5 Å². The van der Waals surface area contributed by atoms with Gasteiger partial charge < -0.3 is 21.3 Å². The Morgan fingerprint density at radius 2 is 1.69 bits per heavy atom. The molecule has 1 heterocycles. The molecule has 4 rings (SSSR count). The number of urea groups is 1. The lowest BCUT2D eigenvalue weighted by Gasteiger charge is -2.22. The predicted molar refractivity (Wildman–Crippen MR) is 116 cm³/mol. The molecule has 6 heteroatoms. The standard InChI is InChI=1S/C23H28N4O2/c28-22(17-8-5-13-24-15-17)25-18-9-4-10-19(14-18)26-23(29)27-21-12-3-7-16-6-1-2-11-20(16)21/h3-4,7,9-10,12,14,17,24H,1-2,5-6,8,11,13,15H2,(H,25,28)(H2,26,27,29). The summed E-state index contributed by atoms with van der Waals surface area (Å²) in [6.45, 7) is 1.69. The number of amides is 3. The van der Waals surface area contributed by atoms with Crippen LogP contribution in [-0.4, -0.2) is 25.0 Å². The molecule has 0 bridgehead atoms. The highest BCUT2D eigenvalue weighted by Crippen LogP contribution is 2.28. The minimum atomic E-state index is -0.274. The first-order chi connectivity index (χ1) is 14.2. The van der Waals surface area contributed by atoms with Crippen LogP contribution < -0.4 is 21.3 Å². The van der Waals surface area contributed by atoms with Crippen LogP contribution in [0.4, 0.5) is 21.9 Å². The molecule has 3 amide bonds. The molecule has 0 spiro atoms. The van der Waals surface area contributed by atoms with E-state index in [-0.39, 0.29) is 17.9 Å². The molecule has 0 saturated carbocycles. The number of fused-ring (bicyclic) bond motifs is 1. The molecular formula is C23H28N4O2. The normalized spacial score (nSPS) is 18.4. The highest BCUT2D eigenvalue weighted by molar-refractivity contribution is 6.01. The van der Waals surface area contributed by atoms with E-state index in [1.807, 2.05) is 30.3 Å². The molecule has 29 heavy (non-hydrogen) atoms. The van der Waals surface area contributed by atoms with E-state index < -0.39 is 0 Å². The topological polar surface area (TPSA) is 82.3 Å². The third-order valence-electron chi connectivity index (χ3n) is 5.70. The van der Waals surface area contributed by atoms with Gasteiger partial charge in [-0.25, -0.2) is 4.79 Å². The van der Waals surface area contributed by atoms with Crippen LogP contribution in [-0.2, 0) is 17.6 Å². The SMILES string of the molecule is O=C(Nc1cccc(NC(=O)C2CCCNC2)c1)Nc1cccc2c1CCCC2. The first-order valence-corrected chi connectivity index (χ1v) is 10.5. The summed E-state index contributed by atoms with van der Waals surface area (Å²) in [5.74, 6) is 0.0163. The van der Waals surface area contributed by atoms with Crippen LogP contribution in [0.1, 0.15) is 36.8 Å². The van der Waals surface area contributed by atoms with Gasteiger partial charge in [0.25, 0.3) is 0 Å². The van der Waals surface area contributed by atoms with Crippen LogP contribution in [0.3, 0.4) is 0 Å². The molecule has 0 aromatic heterocycles. The molecule has 2 aromatic rings. The molecule has 1 unspecified atom stereocenters. The maximum absolute atomic E-state index is 12.5. The van der Waals surface area contributed by atoms with Gasteiger partial charge in [0.1, 0.15) is 0 Å². The van der Waals surface area contributed by atoms with Crippen molar-refractivity contribution in [2.24, 2.45) is 5.92 Å². The Labute approximate surface area is 171 Å². The van der Waals surface area contributed by atoms with Crippen molar-refractivity contribution >= 4 is 29.0 Å². The molecule has 1 saturated heterocycles. The molecule has 1 fully saturated rings. The van der Waals surface area contributed by atoms with E-state index in [0.717, 1.165) is 44.3 Å². The maximum Gasteiger partial charge on any atom is 0.323 e. The third-order valence-corrected chi connectivity index (χ3v) is 5.70. The van der Waals surface area contributed by atoms with Crippen LogP contribution in [0.15, 0.2) is 42.5 Å². The first kappa shape index (κ1) is 19.5. The third kappa shape index (κ3) is 4.95. The van der Waals surface area contributed by atoms with Gasteiger partial charge in [0, 0.05) is 23.6 Å². The summed E-state index contributed by atoms with van der Waals surface area (Å²) in [4.78, 5) is 25.0. The van der Waals surface area contributed by atoms with Crippen molar-refractivity contribution in [1.82, 2.24) is 5.32 Å². The molecule has 1 aliphatic heterocycles. The predicted octanol–water partition coefficient (Wildman–Crippen LogP) is 4.15. The van der Waals surface area contributed by atoms with E-state index in [0.29, 0.717) is 17.9 Å².